The summed E-state index contributed by atoms with van der Waals surface area (Å²) in [6.07, 6.45) is 3.98. The molecule has 0 bridgehead atoms. The van der Waals surface area contributed by atoms with Gasteiger partial charge in [0.05, 0.1) is 12.9 Å². The third kappa shape index (κ3) is 4.79. The molecule has 4 rings (SSSR count). The fourth-order valence-electron chi connectivity index (χ4n) is 3.33. The molecule has 7 nitrogen and oxygen atoms in total. The highest BCUT2D eigenvalue weighted by atomic mass is 32.2. The number of nitrogens with one attached hydrogen (secondary N) is 1. The number of benzene rings is 1. The second kappa shape index (κ2) is 8.96. The van der Waals surface area contributed by atoms with Gasteiger partial charge in [0.1, 0.15) is 21.8 Å². The van der Waals surface area contributed by atoms with E-state index in [1.807, 2.05) is 24.3 Å². The monoisotopic (exact) mass is 429 g/mol. The van der Waals surface area contributed by atoms with Crippen molar-refractivity contribution in [2.45, 2.75) is 24.8 Å². The van der Waals surface area contributed by atoms with Crippen LogP contribution in [-0.2, 0) is 4.79 Å². The topological polar surface area (TPSA) is 80.2 Å². The molecule has 1 atom stereocenters. The summed E-state index contributed by atoms with van der Waals surface area (Å²) in [5.41, 5.74) is 1.44. The Bertz CT molecular complexity index is 992. The van der Waals surface area contributed by atoms with E-state index in [4.69, 9.17) is 9.72 Å². The first kappa shape index (κ1) is 19.9. The molecule has 0 unspecified atom stereocenters. The minimum absolute atomic E-state index is 0.0819. The first-order chi connectivity index (χ1) is 14.1. The average molecular weight is 430 g/mol. The van der Waals surface area contributed by atoms with Crippen molar-refractivity contribution in [1.82, 2.24) is 15.0 Å². The van der Waals surface area contributed by atoms with Crippen LogP contribution in [0.5, 0.6) is 5.75 Å². The number of thiazole rings is 1. The zero-order valence-corrected chi connectivity index (χ0v) is 18.1. The summed E-state index contributed by atoms with van der Waals surface area (Å²) >= 11 is 3.03. The van der Waals surface area contributed by atoms with E-state index in [-0.39, 0.29) is 11.7 Å². The Hall–Kier alpha value is -2.39. The van der Waals surface area contributed by atoms with E-state index in [9.17, 15) is 4.79 Å². The van der Waals surface area contributed by atoms with Crippen molar-refractivity contribution in [3.05, 3.63) is 30.6 Å². The Morgan fingerprint density at radius 2 is 2.17 bits per heavy atom. The molecule has 1 saturated heterocycles. The zero-order chi connectivity index (χ0) is 20.2. The molecule has 1 aliphatic heterocycles. The molecule has 9 heteroatoms. The van der Waals surface area contributed by atoms with Crippen LogP contribution < -0.4 is 15.0 Å². The van der Waals surface area contributed by atoms with Crippen molar-refractivity contribution in [2.75, 3.05) is 36.2 Å². The maximum Gasteiger partial charge on any atom is 0.234 e. The van der Waals surface area contributed by atoms with Gasteiger partial charge < -0.3 is 15.0 Å². The maximum atomic E-state index is 12.3. The van der Waals surface area contributed by atoms with Crippen molar-refractivity contribution < 1.29 is 9.53 Å². The lowest BCUT2D eigenvalue weighted by molar-refractivity contribution is -0.113. The van der Waals surface area contributed by atoms with Gasteiger partial charge in [-0.3, -0.25) is 4.79 Å². The summed E-state index contributed by atoms with van der Waals surface area (Å²) in [7, 11) is 1.61. The van der Waals surface area contributed by atoms with Crippen LogP contribution in [0.4, 0.5) is 10.8 Å². The summed E-state index contributed by atoms with van der Waals surface area (Å²) in [6.45, 7) is 4.34. The molecule has 0 saturated carbocycles. The number of amides is 1. The minimum Gasteiger partial charge on any atom is -0.497 e. The Balaban J connectivity index is 1.42. The number of piperidine rings is 1. The molecule has 1 amide bonds. The van der Waals surface area contributed by atoms with Gasteiger partial charge in [-0.25, -0.2) is 9.97 Å². The molecule has 1 aromatic carbocycles. The molecule has 1 N–H and O–H groups in total. The average Bonchev–Trinajstić information content (AvgIpc) is 3.18. The number of methoxy groups -OCH3 is 1. The molecule has 2 aromatic heterocycles. The number of fused-ring (bicyclic) bond motifs is 1. The van der Waals surface area contributed by atoms with Crippen LogP contribution in [0.3, 0.4) is 0 Å². The third-order valence-corrected chi connectivity index (χ3v) is 7.02. The van der Waals surface area contributed by atoms with Gasteiger partial charge in [-0.05, 0) is 43.0 Å². The van der Waals surface area contributed by atoms with Gasteiger partial charge in [0.2, 0.25) is 5.91 Å². The Labute approximate surface area is 177 Å². The van der Waals surface area contributed by atoms with E-state index in [0.29, 0.717) is 11.6 Å². The predicted octanol–water partition coefficient (Wildman–Crippen LogP) is 4.06. The Morgan fingerprint density at radius 3 is 2.93 bits per heavy atom. The molecule has 152 valence electrons. The predicted molar refractivity (Wildman–Crippen MR) is 118 cm³/mol. The number of hydrogen-bond acceptors (Lipinski definition) is 8. The number of carbonyl (C=O) groups is 1. The van der Waals surface area contributed by atoms with Gasteiger partial charge in [-0.15, -0.1) is 0 Å². The lowest BCUT2D eigenvalue weighted by Crippen LogP contribution is -2.34. The highest BCUT2D eigenvalue weighted by Crippen LogP contribution is 2.35. The molecular weight excluding hydrogens is 406 g/mol. The number of ether oxygens (including phenoxy) is 1. The summed E-state index contributed by atoms with van der Waals surface area (Å²) in [4.78, 5) is 28.1. The van der Waals surface area contributed by atoms with E-state index in [2.05, 4.69) is 27.1 Å². The maximum absolute atomic E-state index is 12.3. The standard InChI is InChI=1S/C20H23N5O2S2/c1-13-4-3-9-25(10-13)20-24-18-17(29-20)19(22-12-21-18)28-11-16(26)23-14-5-7-15(27-2)8-6-14/h5-8,12-13H,3-4,9-11H2,1-2H3,(H,23,26)/t13-/m0/s1. The van der Waals surface area contributed by atoms with Crippen LogP contribution in [0.2, 0.25) is 0 Å². The molecule has 1 fully saturated rings. The van der Waals surface area contributed by atoms with Gasteiger partial charge in [0, 0.05) is 18.8 Å². The summed E-state index contributed by atoms with van der Waals surface area (Å²) < 4.78 is 6.08. The number of anilines is 2. The van der Waals surface area contributed by atoms with Crippen molar-refractivity contribution in [3.8, 4) is 5.75 Å². The van der Waals surface area contributed by atoms with Crippen molar-refractivity contribution in [2.24, 2.45) is 5.92 Å². The van der Waals surface area contributed by atoms with Gasteiger partial charge in [-0.2, -0.15) is 4.98 Å². The SMILES string of the molecule is COc1ccc(NC(=O)CSc2ncnc3nc(N4CCC[C@H](C)C4)sc23)cc1. The quantitative estimate of drug-likeness (QED) is 0.467. The molecule has 3 heterocycles. The van der Waals surface area contributed by atoms with Crippen LogP contribution >= 0.6 is 23.1 Å². The number of aromatic nitrogens is 3. The van der Waals surface area contributed by atoms with Gasteiger partial charge in [0.25, 0.3) is 0 Å². The smallest absolute Gasteiger partial charge is 0.234 e. The first-order valence-electron chi connectivity index (χ1n) is 9.55. The van der Waals surface area contributed by atoms with Crippen LogP contribution in [0.15, 0.2) is 35.6 Å². The Morgan fingerprint density at radius 1 is 1.34 bits per heavy atom. The van der Waals surface area contributed by atoms with Crippen molar-refractivity contribution in [3.63, 3.8) is 0 Å². The highest BCUT2D eigenvalue weighted by molar-refractivity contribution is 8.00. The number of thioether (sulfide) groups is 1. The summed E-state index contributed by atoms with van der Waals surface area (Å²) in [6, 6.07) is 7.27. The van der Waals surface area contributed by atoms with Gasteiger partial charge >= 0.3 is 0 Å². The molecule has 0 radical (unpaired) electrons. The number of rotatable bonds is 6. The van der Waals surface area contributed by atoms with E-state index >= 15 is 0 Å². The van der Waals surface area contributed by atoms with E-state index < -0.39 is 0 Å². The van der Waals surface area contributed by atoms with Crippen LogP contribution in [0.1, 0.15) is 19.8 Å². The van der Waals surface area contributed by atoms with E-state index in [0.717, 1.165) is 39.4 Å². The van der Waals surface area contributed by atoms with Crippen molar-refractivity contribution in [1.29, 1.82) is 0 Å². The van der Waals surface area contributed by atoms with E-state index in [1.165, 1.54) is 30.9 Å². The van der Waals surface area contributed by atoms with Gasteiger partial charge in [0.15, 0.2) is 10.8 Å². The second-order valence-corrected chi connectivity index (χ2v) is 9.03. The number of hydrogen-bond donors (Lipinski definition) is 1. The zero-order valence-electron chi connectivity index (χ0n) is 16.4. The van der Waals surface area contributed by atoms with E-state index in [1.54, 1.807) is 18.4 Å². The highest BCUT2D eigenvalue weighted by Gasteiger charge is 2.21. The molecular formula is C20H23N5O2S2. The van der Waals surface area contributed by atoms with Crippen LogP contribution in [-0.4, -0.2) is 46.8 Å². The van der Waals surface area contributed by atoms with Crippen LogP contribution in [0, 0.1) is 5.92 Å². The summed E-state index contributed by atoms with van der Waals surface area (Å²) in [5.74, 6) is 1.62. The largest absolute Gasteiger partial charge is 0.497 e. The fourth-order valence-corrected chi connectivity index (χ4v) is 5.25. The molecule has 29 heavy (non-hydrogen) atoms. The molecule has 0 aliphatic carbocycles. The van der Waals surface area contributed by atoms with Crippen molar-refractivity contribution >= 4 is 50.2 Å². The lowest BCUT2D eigenvalue weighted by Gasteiger charge is -2.30. The molecule has 0 spiro atoms. The normalized spacial score (nSPS) is 16.8. The second-order valence-electron chi connectivity index (χ2n) is 7.09. The van der Waals surface area contributed by atoms with Crippen LogP contribution in [0.25, 0.3) is 10.3 Å². The fraction of sp³-hybridized carbons (Fsp3) is 0.400. The third-order valence-electron chi connectivity index (χ3n) is 4.79. The molecule has 3 aromatic rings. The number of carbonyl (C=O) groups excluding carboxylic acids is 1. The van der Waals surface area contributed by atoms with Gasteiger partial charge in [-0.1, -0.05) is 30.0 Å². The lowest BCUT2D eigenvalue weighted by atomic mass is 10.0. The minimum atomic E-state index is -0.0819. The Kier molecular flexibility index (Phi) is 6.15. The summed E-state index contributed by atoms with van der Waals surface area (Å²) in [5, 5.41) is 4.69. The number of nitrogens with zero attached hydrogens (tertiary/aromatic N) is 4. The first-order valence-corrected chi connectivity index (χ1v) is 11.4. The molecule has 1 aliphatic rings.